The van der Waals surface area contributed by atoms with E-state index in [-0.39, 0.29) is 36.7 Å². The van der Waals surface area contributed by atoms with Crippen LogP contribution in [0.4, 0.5) is 0 Å². The van der Waals surface area contributed by atoms with Gasteiger partial charge in [0.15, 0.2) is 0 Å². The first kappa shape index (κ1) is 74.2. The highest BCUT2D eigenvalue weighted by molar-refractivity contribution is 6.38. The Hall–Kier alpha value is -9.58. The molecule has 6 aromatic carbocycles. The third-order valence-corrected chi connectivity index (χ3v) is 19.1. The molecule has 2 saturated heterocycles. The van der Waals surface area contributed by atoms with Gasteiger partial charge in [0.1, 0.15) is 24.3 Å². The molecular formula is C80H96N6O12. The van der Waals surface area contributed by atoms with Gasteiger partial charge in [0.2, 0.25) is 11.6 Å². The van der Waals surface area contributed by atoms with E-state index >= 15 is 0 Å². The Morgan fingerprint density at radius 3 is 1.15 bits per heavy atom. The van der Waals surface area contributed by atoms with Crippen LogP contribution in [-0.2, 0) is 64.2 Å². The SMILES string of the molecule is CCC(C)(C)C(=O)C(=O)N1CCCCC1C(=O)OC(CCc1ccccc1)c1cccc(C(=O)NCc2ccc(C(=O)NCCCCCCNC(=O)c3ccc(CNC(=O)c4cccc(C(CCc5ccccc5)OC(=O)C5CCCCN5C(=O)C(=O)C(C)(C)CC)c4)cc3)cc2)c1. The van der Waals surface area contributed by atoms with Crippen LogP contribution >= 0.6 is 0 Å². The molecule has 2 fully saturated rings. The maximum atomic E-state index is 14.0. The zero-order valence-electron chi connectivity index (χ0n) is 57.7. The summed E-state index contributed by atoms with van der Waals surface area (Å²) in [4.78, 5) is 138. The number of nitrogens with one attached hydrogen (secondary N) is 4. The normalized spacial score (nSPS) is 15.4. The number of likely N-dealkylation sites (tertiary alicyclic amines) is 2. The molecule has 18 nitrogen and oxygen atoms in total. The summed E-state index contributed by atoms with van der Waals surface area (Å²) in [6.07, 6.45) is 8.24. The lowest BCUT2D eigenvalue weighted by atomic mass is 9.84. The number of nitrogens with zero attached hydrogens (tertiary/aromatic N) is 2. The largest absolute Gasteiger partial charge is 0.456 e. The van der Waals surface area contributed by atoms with Crippen molar-refractivity contribution in [1.82, 2.24) is 31.1 Å². The summed E-state index contributed by atoms with van der Waals surface area (Å²) >= 11 is 0. The molecule has 98 heavy (non-hydrogen) atoms. The van der Waals surface area contributed by atoms with Gasteiger partial charge in [-0.1, -0.05) is 164 Å². The molecule has 518 valence electrons. The van der Waals surface area contributed by atoms with Crippen LogP contribution in [0.15, 0.2) is 158 Å². The van der Waals surface area contributed by atoms with Gasteiger partial charge in [0, 0.05) is 72.4 Å². The first-order valence-corrected chi connectivity index (χ1v) is 34.9. The molecule has 2 aliphatic rings. The molecule has 0 aliphatic carbocycles. The summed E-state index contributed by atoms with van der Waals surface area (Å²) < 4.78 is 12.5. The van der Waals surface area contributed by atoms with Crippen LogP contribution in [0.25, 0.3) is 0 Å². The number of carbonyl (C=O) groups excluding carboxylic acids is 10. The number of benzene rings is 6. The third-order valence-electron chi connectivity index (χ3n) is 19.1. The number of piperidine rings is 2. The van der Waals surface area contributed by atoms with Gasteiger partial charge < -0.3 is 40.5 Å². The Kier molecular flexibility index (Phi) is 27.4. The molecule has 0 spiro atoms. The lowest BCUT2D eigenvalue weighted by Crippen LogP contribution is -2.53. The first-order valence-electron chi connectivity index (χ1n) is 34.9. The Morgan fingerprint density at radius 2 is 0.786 bits per heavy atom. The predicted molar refractivity (Wildman–Crippen MR) is 375 cm³/mol. The quantitative estimate of drug-likeness (QED) is 0.0171. The smallest absolute Gasteiger partial charge is 0.329 e. The van der Waals surface area contributed by atoms with Crippen molar-refractivity contribution < 1.29 is 57.4 Å². The van der Waals surface area contributed by atoms with E-state index in [2.05, 4.69) is 21.3 Å². The second kappa shape index (κ2) is 36.1. The van der Waals surface area contributed by atoms with Crippen molar-refractivity contribution in [3.8, 4) is 0 Å². The van der Waals surface area contributed by atoms with E-state index in [0.717, 1.165) is 47.9 Å². The molecule has 4 atom stereocenters. The maximum absolute atomic E-state index is 14.0. The molecule has 0 bridgehead atoms. The highest BCUT2D eigenvalue weighted by atomic mass is 16.5. The van der Waals surface area contributed by atoms with Crippen LogP contribution in [0.2, 0.25) is 0 Å². The molecule has 0 aromatic heterocycles. The zero-order valence-corrected chi connectivity index (χ0v) is 57.7. The minimum absolute atomic E-state index is 0.198. The van der Waals surface area contributed by atoms with Crippen LogP contribution in [0, 0.1) is 10.8 Å². The Balaban J connectivity index is 0.738. The second-order valence-corrected chi connectivity index (χ2v) is 27.0. The third kappa shape index (κ3) is 21.0. The number of ether oxygens (including phenoxy) is 2. The summed E-state index contributed by atoms with van der Waals surface area (Å²) in [6.45, 7) is 12.6. The van der Waals surface area contributed by atoms with Crippen molar-refractivity contribution in [2.45, 2.75) is 182 Å². The highest BCUT2D eigenvalue weighted by Gasteiger charge is 2.43. The van der Waals surface area contributed by atoms with Gasteiger partial charge in [-0.3, -0.25) is 38.4 Å². The van der Waals surface area contributed by atoms with Gasteiger partial charge in [-0.15, -0.1) is 0 Å². The summed E-state index contributed by atoms with van der Waals surface area (Å²) in [6, 6.07) is 45.8. The maximum Gasteiger partial charge on any atom is 0.329 e. The molecule has 4 N–H and O–H groups in total. The number of ketones is 2. The Bertz CT molecular complexity index is 3480. The summed E-state index contributed by atoms with van der Waals surface area (Å²) in [5.41, 5.74) is 4.91. The molecule has 6 amide bonds. The van der Waals surface area contributed by atoms with E-state index in [0.29, 0.717) is 137 Å². The van der Waals surface area contributed by atoms with Gasteiger partial charge in [-0.2, -0.15) is 0 Å². The molecule has 2 heterocycles. The number of rotatable bonds is 33. The monoisotopic (exact) mass is 1330 g/mol. The minimum Gasteiger partial charge on any atom is -0.456 e. The first-order chi connectivity index (χ1) is 47.2. The number of Topliss-reactive ketones (excluding diaryl/α,β-unsaturated/α-hetero) is 2. The van der Waals surface area contributed by atoms with Gasteiger partial charge in [-0.25, -0.2) is 9.59 Å². The van der Waals surface area contributed by atoms with Gasteiger partial charge in [-0.05, 0) is 172 Å². The average molecular weight is 1330 g/mol. The van der Waals surface area contributed by atoms with E-state index in [1.807, 2.05) is 86.6 Å². The predicted octanol–water partition coefficient (Wildman–Crippen LogP) is 12.5. The lowest BCUT2D eigenvalue weighted by molar-refractivity contribution is -0.165. The van der Waals surface area contributed by atoms with Gasteiger partial charge in [0.05, 0.1) is 0 Å². The van der Waals surface area contributed by atoms with Gasteiger partial charge in [0.25, 0.3) is 35.4 Å². The minimum atomic E-state index is -0.898. The van der Waals surface area contributed by atoms with Crippen molar-refractivity contribution in [3.05, 3.63) is 213 Å². The standard InChI is InChI=1S/C80H96N6O12/c1-7-79(3,4)69(87)75(93)85-49-21-17-33-65(85)77(95)97-67(45-39-55-25-13-11-14-26-55)61-29-23-31-63(51-61)73(91)83-53-57-35-41-59(42-36-57)71(89)81-47-19-9-10-20-48-82-72(90)60-43-37-58(38-44-60)54-84-74(92)64-32-24-30-62(52-64)68(46-40-56-27-15-12-16-28-56)98-78(96)66-34-18-22-50-86(66)76(94)70(88)80(5,6)8-2/h11-16,23-32,35-38,41-44,51-52,65-68H,7-10,17-22,33-34,39-40,45-50,53-54H2,1-6H3,(H,81,89)(H,82,90)(H,83,91)(H,84,92). The molecule has 0 radical (unpaired) electrons. The van der Waals surface area contributed by atoms with Crippen molar-refractivity contribution >= 4 is 58.9 Å². The van der Waals surface area contributed by atoms with Crippen molar-refractivity contribution in [1.29, 1.82) is 0 Å². The summed E-state index contributed by atoms with van der Waals surface area (Å²) in [5.74, 6) is -4.62. The zero-order chi connectivity index (χ0) is 70.2. The molecular weight excluding hydrogens is 1240 g/mol. The van der Waals surface area contributed by atoms with Crippen molar-refractivity contribution in [2.75, 3.05) is 26.2 Å². The van der Waals surface area contributed by atoms with E-state index in [9.17, 15) is 47.9 Å². The molecule has 4 unspecified atom stereocenters. The Labute approximate surface area is 576 Å². The number of hydrogen-bond acceptors (Lipinski definition) is 12. The van der Waals surface area contributed by atoms with E-state index in [4.69, 9.17) is 9.47 Å². The molecule has 0 saturated carbocycles. The second-order valence-electron chi connectivity index (χ2n) is 27.0. The fraction of sp³-hybridized carbons (Fsp3) is 0.425. The summed E-state index contributed by atoms with van der Waals surface area (Å²) in [7, 11) is 0. The van der Waals surface area contributed by atoms with Crippen LogP contribution in [-0.4, -0.2) is 107 Å². The number of carbonyl (C=O) groups is 10. The fourth-order valence-electron chi connectivity index (χ4n) is 12.0. The van der Waals surface area contributed by atoms with Crippen LogP contribution in [0.1, 0.15) is 218 Å². The number of aryl methyl sites for hydroxylation is 2. The Morgan fingerprint density at radius 1 is 0.418 bits per heavy atom. The molecule has 2 aliphatic heterocycles. The van der Waals surface area contributed by atoms with Crippen LogP contribution in [0.5, 0.6) is 0 Å². The lowest BCUT2D eigenvalue weighted by Gasteiger charge is -2.36. The van der Waals surface area contributed by atoms with Crippen molar-refractivity contribution in [2.24, 2.45) is 10.8 Å². The van der Waals surface area contributed by atoms with Gasteiger partial charge >= 0.3 is 11.9 Å². The van der Waals surface area contributed by atoms with E-state index in [1.165, 1.54) is 9.80 Å². The number of esters is 2. The van der Waals surface area contributed by atoms with Crippen LogP contribution in [0.3, 0.4) is 0 Å². The average Bonchev–Trinajstić information content (AvgIpc) is 0.815. The number of unbranched alkanes of at least 4 members (excludes halogenated alkanes) is 3. The van der Waals surface area contributed by atoms with Crippen LogP contribution < -0.4 is 21.3 Å². The molecule has 8 rings (SSSR count). The summed E-state index contributed by atoms with van der Waals surface area (Å²) in [5, 5.41) is 11.9. The highest BCUT2D eigenvalue weighted by Crippen LogP contribution is 2.32. The van der Waals surface area contributed by atoms with E-state index in [1.54, 1.807) is 113 Å². The number of hydrogen-bond donors (Lipinski definition) is 4. The molecule has 18 heteroatoms. The van der Waals surface area contributed by atoms with E-state index < -0.39 is 70.4 Å². The van der Waals surface area contributed by atoms with Crippen molar-refractivity contribution in [3.63, 3.8) is 0 Å². The topological polar surface area (TPSA) is 244 Å². The fourth-order valence-corrected chi connectivity index (χ4v) is 12.0. The molecule has 6 aromatic rings. The number of amides is 6.